The average Bonchev–Trinajstić information content (AvgIpc) is 2.45. The molecule has 0 radical (unpaired) electrons. The highest BCUT2D eigenvalue weighted by Crippen LogP contribution is 2.15. The number of halogens is 1. The highest BCUT2D eigenvalue weighted by atomic mass is 35.5. The van der Waals surface area contributed by atoms with Crippen molar-refractivity contribution in [1.29, 1.82) is 0 Å². The van der Waals surface area contributed by atoms with Crippen molar-refractivity contribution in [2.45, 2.75) is 13.0 Å². The molecule has 2 rings (SSSR count). The number of hydrogen-bond acceptors (Lipinski definition) is 2. The Bertz CT molecular complexity index is 557. The number of amides is 1. The Labute approximate surface area is 117 Å². The van der Waals surface area contributed by atoms with Gasteiger partial charge in [0.25, 0.3) is 5.91 Å². The van der Waals surface area contributed by atoms with Crippen LogP contribution in [0, 0.1) is 6.92 Å². The minimum absolute atomic E-state index is 0.139. The highest BCUT2D eigenvalue weighted by Gasteiger charge is 2.14. The molecule has 98 valence electrons. The third-order valence-electron chi connectivity index (χ3n) is 2.82. The van der Waals surface area contributed by atoms with E-state index in [1.54, 1.807) is 18.3 Å². The number of hydrogen-bond donors (Lipinski definition) is 1. The molecule has 0 spiro atoms. The Morgan fingerprint density at radius 3 is 2.68 bits per heavy atom. The molecule has 1 unspecified atom stereocenters. The van der Waals surface area contributed by atoms with Gasteiger partial charge in [-0.05, 0) is 24.6 Å². The normalized spacial score (nSPS) is 11.9. The number of benzene rings is 1. The van der Waals surface area contributed by atoms with Crippen LogP contribution in [0.5, 0.6) is 0 Å². The molecule has 4 heteroatoms. The maximum Gasteiger partial charge on any atom is 0.251 e. The lowest BCUT2D eigenvalue weighted by Crippen LogP contribution is -2.29. The van der Waals surface area contributed by atoms with E-state index in [0.717, 1.165) is 11.3 Å². The van der Waals surface area contributed by atoms with Gasteiger partial charge in [0.05, 0.1) is 6.04 Å². The number of nitrogens with zero attached hydrogens (tertiary/aromatic N) is 1. The molecule has 19 heavy (non-hydrogen) atoms. The fourth-order valence-corrected chi connectivity index (χ4v) is 2.08. The average molecular weight is 275 g/mol. The summed E-state index contributed by atoms with van der Waals surface area (Å²) >= 11 is 5.94. The molecule has 3 nitrogen and oxygen atoms in total. The molecule has 0 aliphatic rings. The van der Waals surface area contributed by atoms with Crippen LogP contribution < -0.4 is 5.32 Å². The van der Waals surface area contributed by atoms with E-state index >= 15 is 0 Å². The van der Waals surface area contributed by atoms with E-state index in [-0.39, 0.29) is 11.9 Å². The Balaban J connectivity index is 2.13. The highest BCUT2D eigenvalue weighted by molar-refractivity contribution is 6.18. The fraction of sp³-hybridized carbons (Fsp3) is 0.200. The van der Waals surface area contributed by atoms with E-state index in [0.29, 0.717) is 11.4 Å². The fourth-order valence-electron chi connectivity index (χ4n) is 1.82. The smallest absolute Gasteiger partial charge is 0.251 e. The number of aromatic nitrogens is 1. The first-order chi connectivity index (χ1) is 9.20. The zero-order valence-electron chi connectivity index (χ0n) is 10.6. The summed E-state index contributed by atoms with van der Waals surface area (Å²) in [6.07, 6.45) is 1.63. The van der Waals surface area contributed by atoms with E-state index in [4.69, 9.17) is 11.6 Å². The first-order valence-electron chi connectivity index (χ1n) is 6.05. The van der Waals surface area contributed by atoms with E-state index in [2.05, 4.69) is 10.3 Å². The molecule has 0 bridgehead atoms. The summed E-state index contributed by atoms with van der Waals surface area (Å²) in [7, 11) is 0. The maximum atomic E-state index is 12.1. The van der Waals surface area contributed by atoms with Crippen molar-refractivity contribution >= 4 is 17.5 Å². The Morgan fingerprint density at radius 1 is 1.32 bits per heavy atom. The minimum Gasteiger partial charge on any atom is -0.344 e. The van der Waals surface area contributed by atoms with Gasteiger partial charge in [-0.15, -0.1) is 11.6 Å². The summed E-state index contributed by atoms with van der Waals surface area (Å²) in [6.45, 7) is 1.85. The molecular formula is C15H15ClN2O. The monoisotopic (exact) mass is 274 g/mol. The van der Waals surface area contributed by atoms with Crippen LogP contribution >= 0.6 is 11.6 Å². The van der Waals surface area contributed by atoms with E-state index in [1.807, 2.05) is 37.3 Å². The molecule has 1 atom stereocenters. The zero-order valence-corrected chi connectivity index (χ0v) is 11.4. The van der Waals surface area contributed by atoms with Crippen LogP contribution in [0.15, 0.2) is 48.7 Å². The molecule has 1 amide bonds. The van der Waals surface area contributed by atoms with Crippen LogP contribution in [-0.2, 0) is 0 Å². The van der Waals surface area contributed by atoms with E-state index in [1.165, 1.54) is 0 Å². The summed E-state index contributed by atoms with van der Waals surface area (Å²) < 4.78 is 0. The Morgan fingerprint density at radius 2 is 2.05 bits per heavy atom. The third-order valence-corrected chi connectivity index (χ3v) is 3.13. The number of nitrogens with one attached hydrogen (secondary N) is 1. The minimum atomic E-state index is -0.191. The zero-order chi connectivity index (χ0) is 13.7. The standard InChI is InChI=1S/C15H15ClN2O/c1-11-9-13(7-8-17-11)15(19)18-14(10-16)12-5-3-2-4-6-12/h2-9,14H,10H2,1H3,(H,18,19). The molecule has 1 N–H and O–H groups in total. The molecular weight excluding hydrogens is 260 g/mol. The maximum absolute atomic E-state index is 12.1. The van der Waals surface area contributed by atoms with Gasteiger partial charge in [-0.3, -0.25) is 9.78 Å². The van der Waals surface area contributed by atoms with Crippen LogP contribution in [0.4, 0.5) is 0 Å². The SMILES string of the molecule is Cc1cc(C(=O)NC(CCl)c2ccccc2)ccn1. The third kappa shape index (κ3) is 3.55. The lowest BCUT2D eigenvalue weighted by molar-refractivity contribution is 0.0940. The van der Waals surface area contributed by atoms with Gasteiger partial charge in [-0.1, -0.05) is 30.3 Å². The molecule has 1 aromatic heterocycles. The lowest BCUT2D eigenvalue weighted by atomic mass is 10.1. The largest absolute Gasteiger partial charge is 0.344 e. The number of rotatable bonds is 4. The predicted octanol–water partition coefficient (Wildman–Crippen LogP) is 3.10. The van der Waals surface area contributed by atoms with Gasteiger partial charge in [0.2, 0.25) is 0 Å². The summed E-state index contributed by atoms with van der Waals surface area (Å²) in [6, 6.07) is 12.9. The quantitative estimate of drug-likeness (QED) is 0.871. The van der Waals surface area contributed by atoms with Crippen molar-refractivity contribution in [3.8, 4) is 0 Å². The number of carbonyl (C=O) groups excluding carboxylic acids is 1. The number of carbonyl (C=O) groups is 1. The summed E-state index contributed by atoms with van der Waals surface area (Å²) in [5, 5.41) is 2.93. The lowest BCUT2D eigenvalue weighted by Gasteiger charge is -2.16. The number of alkyl halides is 1. The predicted molar refractivity (Wildman–Crippen MR) is 76.3 cm³/mol. The second-order valence-electron chi connectivity index (χ2n) is 4.28. The van der Waals surface area contributed by atoms with E-state index < -0.39 is 0 Å². The van der Waals surface area contributed by atoms with Gasteiger partial charge in [0.1, 0.15) is 0 Å². The van der Waals surface area contributed by atoms with Crippen LogP contribution in [0.25, 0.3) is 0 Å². The van der Waals surface area contributed by atoms with Crippen LogP contribution in [0.3, 0.4) is 0 Å². The molecule has 0 aliphatic carbocycles. The van der Waals surface area contributed by atoms with Crippen molar-refractivity contribution in [1.82, 2.24) is 10.3 Å². The Hall–Kier alpha value is -1.87. The second-order valence-corrected chi connectivity index (χ2v) is 4.59. The van der Waals surface area contributed by atoms with Gasteiger partial charge in [-0.25, -0.2) is 0 Å². The second kappa shape index (κ2) is 6.34. The van der Waals surface area contributed by atoms with Crippen molar-refractivity contribution in [3.05, 3.63) is 65.5 Å². The molecule has 0 saturated heterocycles. The van der Waals surface area contributed by atoms with Crippen LogP contribution in [0.1, 0.15) is 27.7 Å². The first-order valence-corrected chi connectivity index (χ1v) is 6.58. The van der Waals surface area contributed by atoms with Crippen molar-refractivity contribution in [2.24, 2.45) is 0 Å². The molecule has 0 fully saturated rings. The van der Waals surface area contributed by atoms with Gasteiger partial charge in [0, 0.05) is 23.3 Å². The van der Waals surface area contributed by atoms with Gasteiger partial charge >= 0.3 is 0 Å². The van der Waals surface area contributed by atoms with Crippen molar-refractivity contribution in [2.75, 3.05) is 5.88 Å². The van der Waals surface area contributed by atoms with Crippen LogP contribution in [0.2, 0.25) is 0 Å². The summed E-state index contributed by atoms with van der Waals surface area (Å²) in [5.74, 6) is 0.194. The number of pyridine rings is 1. The van der Waals surface area contributed by atoms with Crippen molar-refractivity contribution < 1.29 is 4.79 Å². The molecule has 2 aromatic rings. The summed E-state index contributed by atoms with van der Waals surface area (Å²) in [4.78, 5) is 16.2. The van der Waals surface area contributed by atoms with Gasteiger partial charge < -0.3 is 5.32 Å². The van der Waals surface area contributed by atoms with Crippen LogP contribution in [-0.4, -0.2) is 16.8 Å². The van der Waals surface area contributed by atoms with Gasteiger partial charge in [0.15, 0.2) is 0 Å². The molecule has 1 heterocycles. The van der Waals surface area contributed by atoms with Crippen molar-refractivity contribution in [3.63, 3.8) is 0 Å². The molecule has 0 saturated carbocycles. The summed E-state index contributed by atoms with van der Waals surface area (Å²) in [5.41, 5.74) is 2.41. The topological polar surface area (TPSA) is 42.0 Å². The number of aryl methyl sites for hydroxylation is 1. The Kier molecular flexibility index (Phi) is 4.53. The molecule has 0 aliphatic heterocycles. The van der Waals surface area contributed by atoms with Gasteiger partial charge in [-0.2, -0.15) is 0 Å². The molecule has 1 aromatic carbocycles. The van der Waals surface area contributed by atoms with E-state index in [9.17, 15) is 4.79 Å². The first kappa shape index (κ1) is 13.6.